The van der Waals surface area contributed by atoms with Crippen molar-refractivity contribution in [3.8, 4) is 5.69 Å². The highest BCUT2D eigenvalue weighted by molar-refractivity contribution is 5.85. The standard InChI is InChI=1S/C28H24N4O3/c1-19-26(28(33)31(30(19)2)24-10-4-3-5-11-24)27(21-13-16-25(17-14-21)32(34)35)29-23-15-12-20-8-6-7-9-22(20)18-23/h3-18,27,29H,1-2H3/t27-/m0/s1. The number of non-ortho nitro benzene ring substituents is 1. The van der Waals surface area contributed by atoms with Crippen LogP contribution in [0.15, 0.2) is 102 Å². The lowest BCUT2D eigenvalue weighted by Crippen LogP contribution is -2.24. The molecule has 1 atom stereocenters. The SMILES string of the molecule is Cc1c([C@@H](Nc2ccc3ccccc3c2)c2ccc([N+](=O)[O-])cc2)c(=O)n(-c2ccccc2)n1C. The Morgan fingerprint density at radius 2 is 1.51 bits per heavy atom. The lowest BCUT2D eigenvalue weighted by Gasteiger charge is -2.20. The van der Waals surface area contributed by atoms with Crippen LogP contribution >= 0.6 is 0 Å². The fourth-order valence-corrected chi connectivity index (χ4v) is 4.48. The number of para-hydroxylation sites is 1. The molecule has 1 N–H and O–H groups in total. The monoisotopic (exact) mass is 464 g/mol. The van der Waals surface area contributed by atoms with Crippen LogP contribution in [0, 0.1) is 17.0 Å². The van der Waals surface area contributed by atoms with Gasteiger partial charge in [0.2, 0.25) is 0 Å². The van der Waals surface area contributed by atoms with E-state index in [-0.39, 0.29) is 11.2 Å². The molecule has 0 fully saturated rings. The van der Waals surface area contributed by atoms with Gasteiger partial charge in [0, 0.05) is 30.6 Å². The fourth-order valence-electron chi connectivity index (χ4n) is 4.48. The molecule has 0 spiro atoms. The lowest BCUT2D eigenvalue weighted by atomic mass is 9.98. The normalized spacial score (nSPS) is 11.9. The van der Waals surface area contributed by atoms with E-state index >= 15 is 0 Å². The van der Waals surface area contributed by atoms with E-state index in [9.17, 15) is 14.9 Å². The minimum Gasteiger partial charge on any atom is -0.374 e. The van der Waals surface area contributed by atoms with Crippen LogP contribution in [0.2, 0.25) is 0 Å². The van der Waals surface area contributed by atoms with Crippen LogP contribution in [0.4, 0.5) is 11.4 Å². The molecule has 7 nitrogen and oxygen atoms in total. The van der Waals surface area contributed by atoms with Gasteiger partial charge in [-0.3, -0.25) is 19.6 Å². The molecular weight excluding hydrogens is 440 g/mol. The predicted octanol–water partition coefficient (Wildman–Crippen LogP) is 5.75. The van der Waals surface area contributed by atoms with Gasteiger partial charge in [0.15, 0.2) is 0 Å². The minimum atomic E-state index is -0.513. The summed E-state index contributed by atoms with van der Waals surface area (Å²) in [4.78, 5) is 24.6. The fraction of sp³-hybridized carbons (Fsp3) is 0.107. The van der Waals surface area contributed by atoms with E-state index in [1.807, 2.05) is 91.4 Å². The van der Waals surface area contributed by atoms with E-state index in [2.05, 4.69) is 5.32 Å². The van der Waals surface area contributed by atoms with Crippen LogP contribution in [-0.2, 0) is 7.05 Å². The summed E-state index contributed by atoms with van der Waals surface area (Å²) in [6.07, 6.45) is 0. The Bertz CT molecular complexity index is 1580. The van der Waals surface area contributed by atoms with Gasteiger partial charge in [-0.25, -0.2) is 4.68 Å². The number of anilines is 1. The maximum atomic E-state index is 13.8. The van der Waals surface area contributed by atoms with Crippen molar-refractivity contribution in [2.24, 2.45) is 7.05 Å². The van der Waals surface area contributed by atoms with Crippen molar-refractivity contribution in [2.45, 2.75) is 13.0 Å². The number of fused-ring (bicyclic) bond motifs is 1. The number of rotatable bonds is 6. The van der Waals surface area contributed by atoms with Gasteiger partial charge in [-0.1, -0.05) is 48.5 Å². The maximum absolute atomic E-state index is 13.8. The molecule has 0 amide bonds. The topological polar surface area (TPSA) is 82.1 Å². The number of aromatic nitrogens is 2. The molecule has 174 valence electrons. The first-order valence-electron chi connectivity index (χ1n) is 11.3. The van der Waals surface area contributed by atoms with Crippen molar-refractivity contribution in [2.75, 3.05) is 5.32 Å². The van der Waals surface area contributed by atoms with Crippen LogP contribution in [-0.4, -0.2) is 14.3 Å². The van der Waals surface area contributed by atoms with Crippen LogP contribution in [0.5, 0.6) is 0 Å². The second-order valence-corrected chi connectivity index (χ2v) is 8.46. The highest BCUT2D eigenvalue weighted by Gasteiger charge is 2.26. The zero-order valence-electron chi connectivity index (χ0n) is 19.4. The molecule has 0 aliphatic rings. The number of nitrogens with zero attached hydrogens (tertiary/aromatic N) is 3. The third-order valence-electron chi connectivity index (χ3n) is 6.39. The quantitative estimate of drug-likeness (QED) is 0.256. The number of hydrogen-bond acceptors (Lipinski definition) is 4. The average molecular weight is 465 g/mol. The molecule has 0 bridgehead atoms. The molecule has 0 radical (unpaired) electrons. The van der Waals surface area contributed by atoms with Gasteiger partial charge in [0.1, 0.15) is 0 Å². The van der Waals surface area contributed by atoms with Gasteiger partial charge >= 0.3 is 0 Å². The molecular formula is C28H24N4O3. The lowest BCUT2D eigenvalue weighted by molar-refractivity contribution is -0.384. The summed E-state index contributed by atoms with van der Waals surface area (Å²) in [5.41, 5.74) is 3.62. The van der Waals surface area contributed by atoms with Crippen molar-refractivity contribution in [3.05, 3.63) is 134 Å². The second kappa shape index (κ2) is 8.95. The van der Waals surface area contributed by atoms with Gasteiger partial charge in [0.25, 0.3) is 11.2 Å². The number of nitrogens with one attached hydrogen (secondary N) is 1. The van der Waals surface area contributed by atoms with Crippen molar-refractivity contribution in [1.82, 2.24) is 9.36 Å². The number of nitro benzene ring substituents is 1. The first-order chi connectivity index (χ1) is 16.9. The third-order valence-corrected chi connectivity index (χ3v) is 6.39. The van der Waals surface area contributed by atoms with Crippen LogP contribution in [0.1, 0.15) is 22.9 Å². The molecule has 0 unspecified atom stereocenters. The van der Waals surface area contributed by atoms with Crippen molar-refractivity contribution in [3.63, 3.8) is 0 Å². The van der Waals surface area contributed by atoms with Gasteiger partial charge < -0.3 is 5.32 Å². The Hall–Kier alpha value is -4.65. The number of hydrogen-bond donors (Lipinski definition) is 1. The smallest absolute Gasteiger partial charge is 0.277 e. The van der Waals surface area contributed by atoms with Gasteiger partial charge in [-0.15, -0.1) is 0 Å². The zero-order valence-corrected chi connectivity index (χ0v) is 19.4. The summed E-state index contributed by atoms with van der Waals surface area (Å²) in [5.74, 6) is 0. The van der Waals surface area contributed by atoms with E-state index < -0.39 is 11.0 Å². The molecule has 0 saturated carbocycles. The molecule has 35 heavy (non-hydrogen) atoms. The second-order valence-electron chi connectivity index (χ2n) is 8.46. The molecule has 7 heteroatoms. The Balaban J connectivity index is 1.66. The van der Waals surface area contributed by atoms with Crippen molar-refractivity contribution < 1.29 is 4.92 Å². The third kappa shape index (κ3) is 4.08. The Morgan fingerprint density at radius 3 is 2.20 bits per heavy atom. The molecule has 1 aromatic heterocycles. The molecule has 5 aromatic rings. The van der Waals surface area contributed by atoms with Crippen LogP contribution in [0.3, 0.4) is 0 Å². The van der Waals surface area contributed by atoms with Crippen LogP contribution in [0.25, 0.3) is 16.5 Å². The first-order valence-corrected chi connectivity index (χ1v) is 11.3. The highest BCUT2D eigenvalue weighted by Crippen LogP contribution is 2.30. The van der Waals surface area contributed by atoms with Gasteiger partial charge in [-0.05, 0) is 59.7 Å². The summed E-state index contributed by atoms with van der Waals surface area (Å²) in [6, 6.07) is 29.4. The largest absolute Gasteiger partial charge is 0.374 e. The molecule has 4 aromatic carbocycles. The van der Waals surface area contributed by atoms with Crippen molar-refractivity contribution >= 4 is 22.1 Å². The van der Waals surface area contributed by atoms with Crippen molar-refractivity contribution in [1.29, 1.82) is 0 Å². The minimum absolute atomic E-state index is 0.00434. The molecule has 0 aliphatic heterocycles. The van der Waals surface area contributed by atoms with E-state index in [4.69, 9.17) is 0 Å². The number of nitro groups is 1. The summed E-state index contributed by atoms with van der Waals surface area (Å²) in [5, 5.41) is 16.9. The van der Waals surface area contributed by atoms with Gasteiger partial charge in [-0.2, -0.15) is 0 Å². The van der Waals surface area contributed by atoms with E-state index in [0.717, 1.165) is 33.4 Å². The first kappa shape index (κ1) is 22.2. The molecule has 5 rings (SSSR count). The summed E-state index contributed by atoms with van der Waals surface area (Å²) < 4.78 is 3.48. The zero-order chi connectivity index (χ0) is 24.5. The average Bonchev–Trinajstić information content (AvgIpc) is 3.10. The molecule has 0 aliphatic carbocycles. The van der Waals surface area contributed by atoms with E-state index in [1.54, 1.807) is 16.8 Å². The Kier molecular flexibility index (Phi) is 5.66. The Morgan fingerprint density at radius 1 is 0.857 bits per heavy atom. The summed E-state index contributed by atoms with van der Waals surface area (Å²) >= 11 is 0. The number of benzene rings is 4. The van der Waals surface area contributed by atoms with Gasteiger partial charge in [0.05, 0.1) is 22.2 Å². The summed E-state index contributed by atoms with van der Waals surface area (Å²) in [6.45, 7) is 1.91. The highest BCUT2D eigenvalue weighted by atomic mass is 16.6. The van der Waals surface area contributed by atoms with E-state index in [1.165, 1.54) is 12.1 Å². The van der Waals surface area contributed by atoms with Crippen LogP contribution < -0.4 is 10.9 Å². The molecule has 0 saturated heterocycles. The molecule has 1 heterocycles. The van der Waals surface area contributed by atoms with E-state index in [0.29, 0.717) is 5.56 Å². The predicted molar refractivity (Wildman–Crippen MR) is 138 cm³/mol. The Labute approximate surface area is 202 Å². The summed E-state index contributed by atoms with van der Waals surface area (Å²) in [7, 11) is 1.86. The maximum Gasteiger partial charge on any atom is 0.277 e.